The predicted molar refractivity (Wildman–Crippen MR) is 211 cm³/mol. The molecule has 0 radical (unpaired) electrons. The number of thiophene rings is 1. The van der Waals surface area contributed by atoms with E-state index in [1.165, 1.54) is 20.2 Å². The number of fused-ring (bicyclic) bond motifs is 6. The van der Waals surface area contributed by atoms with E-state index in [1.54, 1.807) is 0 Å². The molecule has 7 aromatic carbocycles. The molecule has 5 nitrogen and oxygen atoms in total. The van der Waals surface area contributed by atoms with Crippen LogP contribution in [-0.4, -0.2) is 15.0 Å². The first-order valence-corrected chi connectivity index (χ1v) is 17.7. The minimum absolute atomic E-state index is 0.569. The fourth-order valence-electron chi connectivity index (χ4n) is 6.97. The molecule has 0 aliphatic rings. The highest BCUT2D eigenvalue weighted by Gasteiger charge is 2.24. The van der Waals surface area contributed by atoms with Gasteiger partial charge >= 0.3 is 0 Å². The Kier molecular flexibility index (Phi) is 6.93. The summed E-state index contributed by atoms with van der Waals surface area (Å²) in [6.07, 6.45) is 0. The number of aromatic nitrogens is 3. The van der Waals surface area contributed by atoms with Crippen LogP contribution < -0.4 is 4.90 Å². The van der Waals surface area contributed by atoms with Gasteiger partial charge in [0.15, 0.2) is 17.5 Å². The summed E-state index contributed by atoms with van der Waals surface area (Å²) in [7, 11) is 0. The lowest BCUT2D eigenvalue weighted by Crippen LogP contribution is -2.11. The topological polar surface area (TPSA) is 55.1 Å². The van der Waals surface area contributed by atoms with E-state index in [1.807, 2.05) is 84.1 Å². The molecule has 10 rings (SSSR count). The molecule has 0 aliphatic heterocycles. The van der Waals surface area contributed by atoms with E-state index >= 15 is 0 Å². The third kappa shape index (κ3) is 5.04. The van der Waals surface area contributed by atoms with Crippen molar-refractivity contribution in [2.24, 2.45) is 0 Å². The molecule has 3 heterocycles. The van der Waals surface area contributed by atoms with E-state index in [2.05, 4.69) is 102 Å². The van der Waals surface area contributed by atoms with Gasteiger partial charge in [-0.05, 0) is 42.5 Å². The van der Waals surface area contributed by atoms with Gasteiger partial charge in [-0.2, -0.15) is 0 Å². The normalized spacial score (nSPS) is 11.5. The summed E-state index contributed by atoms with van der Waals surface area (Å²) in [4.78, 5) is 17.5. The summed E-state index contributed by atoms with van der Waals surface area (Å²) in [6, 6.07) is 58.5. The fraction of sp³-hybridized carbons (Fsp3) is 0. The van der Waals surface area contributed by atoms with Crippen LogP contribution in [-0.2, 0) is 0 Å². The lowest BCUT2D eigenvalue weighted by Gasteiger charge is -2.27. The van der Waals surface area contributed by atoms with Crippen LogP contribution in [0.5, 0.6) is 0 Å². The Morgan fingerprint density at radius 2 is 1.00 bits per heavy atom. The number of para-hydroxylation sites is 2. The Hall–Kier alpha value is -6.63. The quantitative estimate of drug-likeness (QED) is 0.176. The smallest absolute Gasteiger partial charge is 0.164 e. The van der Waals surface area contributed by atoms with Crippen LogP contribution in [0.2, 0.25) is 0 Å². The second-order valence-corrected chi connectivity index (χ2v) is 13.5. The van der Waals surface area contributed by atoms with Crippen LogP contribution in [0, 0.1) is 0 Å². The van der Waals surface area contributed by atoms with E-state index in [4.69, 9.17) is 19.4 Å². The summed E-state index contributed by atoms with van der Waals surface area (Å²) in [5.74, 6) is 1.79. The average molecular weight is 673 g/mol. The number of anilines is 3. The molecule has 51 heavy (non-hydrogen) atoms. The van der Waals surface area contributed by atoms with Gasteiger partial charge < -0.3 is 9.32 Å². The van der Waals surface area contributed by atoms with Gasteiger partial charge in [0.2, 0.25) is 0 Å². The minimum Gasteiger partial charge on any atom is -0.456 e. The molecule has 0 saturated heterocycles. The SMILES string of the molecule is c1ccc(-c2nc(-c3ccccc3)nc(-c3cc(N(c4ccccc4)c4cccc5c4sc4ccccc45)c4c(c3)oc3ccccc34)n2)cc1. The largest absolute Gasteiger partial charge is 0.456 e. The van der Waals surface area contributed by atoms with Crippen molar-refractivity contribution < 1.29 is 4.42 Å². The number of furan rings is 1. The zero-order valence-corrected chi connectivity index (χ0v) is 28.1. The van der Waals surface area contributed by atoms with Gasteiger partial charge in [0.1, 0.15) is 11.2 Å². The van der Waals surface area contributed by atoms with Gasteiger partial charge in [-0.25, -0.2) is 15.0 Å². The fourth-order valence-corrected chi connectivity index (χ4v) is 8.18. The van der Waals surface area contributed by atoms with E-state index in [0.717, 1.165) is 55.7 Å². The maximum absolute atomic E-state index is 6.65. The van der Waals surface area contributed by atoms with Crippen LogP contribution in [0.3, 0.4) is 0 Å². The first-order chi connectivity index (χ1) is 25.3. The molecule has 0 spiro atoms. The Morgan fingerprint density at radius 3 is 1.71 bits per heavy atom. The highest BCUT2D eigenvalue weighted by atomic mass is 32.1. The molecule has 0 unspecified atom stereocenters. The van der Waals surface area contributed by atoms with E-state index in [-0.39, 0.29) is 0 Å². The van der Waals surface area contributed by atoms with Gasteiger partial charge in [-0.1, -0.05) is 127 Å². The predicted octanol–water partition coefficient (Wildman–Crippen LogP) is 12.6. The summed E-state index contributed by atoms with van der Waals surface area (Å²) in [6.45, 7) is 0. The molecule has 10 aromatic rings. The van der Waals surface area contributed by atoms with Crippen molar-refractivity contribution >= 4 is 70.5 Å². The van der Waals surface area contributed by atoms with Crippen LogP contribution in [0.4, 0.5) is 17.1 Å². The Labute approximate surface area is 297 Å². The maximum atomic E-state index is 6.65. The second-order valence-electron chi connectivity index (χ2n) is 12.4. The lowest BCUT2D eigenvalue weighted by molar-refractivity contribution is 0.669. The van der Waals surface area contributed by atoms with Crippen molar-refractivity contribution in [3.8, 4) is 34.2 Å². The molecule has 3 aromatic heterocycles. The molecule has 0 atom stereocenters. The highest BCUT2D eigenvalue weighted by Crippen LogP contribution is 2.49. The van der Waals surface area contributed by atoms with Gasteiger partial charge in [0.05, 0.1) is 21.5 Å². The summed E-state index contributed by atoms with van der Waals surface area (Å²) < 4.78 is 9.12. The Morgan fingerprint density at radius 1 is 0.431 bits per heavy atom. The lowest BCUT2D eigenvalue weighted by atomic mass is 10.0. The summed E-state index contributed by atoms with van der Waals surface area (Å²) in [5, 5.41) is 4.56. The van der Waals surface area contributed by atoms with Gasteiger partial charge in [0, 0.05) is 43.2 Å². The molecule has 0 amide bonds. The van der Waals surface area contributed by atoms with Crippen molar-refractivity contribution in [1.82, 2.24) is 15.0 Å². The molecular formula is C45H28N4OS. The molecular weight excluding hydrogens is 645 g/mol. The number of nitrogens with zero attached hydrogens (tertiary/aromatic N) is 4. The number of hydrogen-bond donors (Lipinski definition) is 0. The molecule has 0 fully saturated rings. The third-order valence-electron chi connectivity index (χ3n) is 9.29. The molecule has 240 valence electrons. The van der Waals surface area contributed by atoms with Crippen molar-refractivity contribution in [3.63, 3.8) is 0 Å². The summed E-state index contributed by atoms with van der Waals surface area (Å²) >= 11 is 1.82. The Balaban J connectivity index is 1.29. The first kappa shape index (κ1) is 29.3. The highest BCUT2D eigenvalue weighted by molar-refractivity contribution is 7.26. The first-order valence-electron chi connectivity index (χ1n) is 16.9. The van der Waals surface area contributed by atoms with Crippen LogP contribution in [0.1, 0.15) is 0 Å². The van der Waals surface area contributed by atoms with E-state index in [9.17, 15) is 0 Å². The monoisotopic (exact) mass is 672 g/mol. The standard InChI is InChI=1S/C45H28N4OS/c1-4-15-29(16-5-1)43-46-44(30-17-6-2-7-18-30)48-45(47-43)31-27-37(41-35-22-10-12-25-38(35)50-39(41)28-31)49(32-19-8-3-9-20-32)36-24-14-23-34-33-21-11-13-26-40(33)51-42(34)36/h1-28H. The minimum atomic E-state index is 0.569. The molecule has 6 heteroatoms. The van der Waals surface area contributed by atoms with Crippen LogP contribution in [0.15, 0.2) is 174 Å². The summed E-state index contributed by atoms with van der Waals surface area (Å²) in [5.41, 5.74) is 7.37. The van der Waals surface area contributed by atoms with Crippen molar-refractivity contribution in [3.05, 3.63) is 170 Å². The third-order valence-corrected chi connectivity index (χ3v) is 10.5. The van der Waals surface area contributed by atoms with Gasteiger partial charge in [-0.15, -0.1) is 11.3 Å². The average Bonchev–Trinajstić information content (AvgIpc) is 3.78. The van der Waals surface area contributed by atoms with Gasteiger partial charge in [0.25, 0.3) is 0 Å². The van der Waals surface area contributed by atoms with Crippen molar-refractivity contribution in [1.29, 1.82) is 0 Å². The van der Waals surface area contributed by atoms with E-state index in [0.29, 0.717) is 17.5 Å². The second kappa shape index (κ2) is 12.1. The maximum Gasteiger partial charge on any atom is 0.164 e. The van der Waals surface area contributed by atoms with Crippen LogP contribution in [0.25, 0.3) is 76.3 Å². The van der Waals surface area contributed by atoms with Gasteiger partial charge in [-0.3, -0.25) is 0 Å². The molecule has 0 saturated carbocycles. The van der Waals surface area contributed by atoms with E-state index < -0.39 is 0 Å². The van der Waals surface area contributed by atoms with Crippen molar-refractivity contribution in [2.45, 2.75) is 0 Å². The number of hydrogen-bond acceptors (Lipinski definition) is 6. The van der Waals surface area contributed by atoms with Crippen molar-refractivity contribution in [2.75, 3.05) is 4.90 Å². The zero-order chi connectivity index (χ0) is 33.7. The number of benzene rings is 7. The van der Waals surface area contributed by atoms with Crippen LogP contribution >= 0.6 is 11.3 Å². The molecule has 0 bridgehead atoms. The molecule has 0 N–H and O–H groups in total. The Bertz CT molecular complexity index is 2810. The molecule has 0 aliphatic carbocycles. The number of rotatable bonds is 6. The zero-order valence-electron chi connectivity index (χ0n) is 27.3.